The molecule has 0 aliphatic carbocycles. The summed E-state index contributed by atoms with van der Waals surface area (Å²) in [4.78, 5) is 14.8. The zero-order valence-corrected chi connectivity index (χ0v) is 15.8. The standard InChI is InChI=1S/C20H23N5OS/c21-17-10-9-15(25-11-5-2-6-12-25)13-16(17)19(26)24-20(23)27-18(22)14-7-3-1-4-8-14/h1,3-4,7-10,13,22H,2,5-6,11-12,21H2,(H2,23,24,26). The van der Waals surface area contributed by atoms with Crippen LogP contribution in [0.2, 0.25) is 0 Å². The number of rotatable bonds is 3. The van der Waals surface area contributed by atoms with Gasteiger partial charge in [0.1, 0.15) is 5.04 Å². The number of thioether (sulfide) groups is 1. The zero-order valence-electron chi connectivity index (χ0n) is 15.0. The molecule has 0 spiro atoms. The van der Waals surface area contributed by atoms with Crippen LogP contribution in [0, 0.1) is 10.8 Å². The molecule has 1 saturated heterocycles. The van der Waals surface area contributed by atoms with E-state index in [4.69, 9.17) is 16.6 Å². The van der Waals surface area contributed by atoms with Gasteiger partial charge >= 0.3 is 0 Å². The van der Waals surface area contributed by atoms with E-state index in [2.05, 4.69) is 10.2 Å². The number of carbonyl (C=O) groups excluding carboxylic acids is 1. The largest absolute Gasteiger partial charge is 0.398 e. The summed E-state index contributed by atoms with van der Waals surface area (Å²) in [5.74, 6) is -0.426. The van der Waals surface area contributed by atoms with E-state index in [9.17, 15) is 4.79 Å². The fourth-order valence-corrected chi connectivity index (χ4v) is 3.64. The first-order chi connectivity index (χ1) is 13.0. The fraction of sp³-hybridized carbons (Fsp3) is 0.250. The summed E-state index contributed by atoms with van der Waals surface area (Å²) in [6, 6.07) is 14.6. The minimum absolute atomic E-state index is 0.100. The number of piperidine rings is 1. The van der Waals surface area contributed by atoms with Crippen LogP contribution in [0.15, 0.2) is 48.5 Å². The first-order valence-corrected chi connectivity index (χ1v) is 9.72. The van der Waals surface area contributed by atoms with Crippen LogP contribution in [-0.2, 0) is 0 Å². The maximum atomic E-state index is 12.6. The van der Waals surface area contributed by atoms with E-state index in [-0.39, 0.29) is 10.2 Å². The Morgan fingerprint density at radius 1 is 1.04 bits per heavy atom. The molecule has 7 heteroatoms. The second-order valence-electron chi connectivity index (χ2n) is 6.40. The number of nitrogens with one attached hydrogen (secondary N) is 3. The summed E-state index contributed by atoms with van der Waals surface area (Å²) in [5, 5.41) is 18.7. The summed E-state index contributed by atoms with van der Waals surface area (Å²) in [7, 11) is 0. The van der Waals surface area contributed by atoms with Crippen molar-refractivity contribution >= 4 is 39.3 Å². The highest BCUT2D eigenvalue weighted by atomic mass is 32.2. The Labute approximate surface area is 163 Å². The number of benzene rings is 2. The van der Waals surface area contributed by atoms with Crippen LogP contribution in [0.25, 0.3) is 0 Å². The molecule has 5 N–H and O–H groups in total. The Morgan fingerprint density at radius 2 is 1.74 bits per heavy atom. The maximum Gasteiger partial charge on any atom is 0.259 e. The van der Waals surface area contributed by atoms with E-state index < -0.39 is 5.91 Å². The third-order valence-electron chi connectivity index (χ3n) is 4.47. The van der Waals surface area contributed by atoms with E-state index >= 15 is 0 Å². The van der Waals surface area contributed by atoms with Crippen LogP contribution in [0.3, 0.4) is 0 Å². The summed E-state index contributed by atoms with van der Waals surface area (Å²) in [6.45, 7) is 1.95. The molecule has 1 heterocycles. The van der Waals surface area contributed by atoms with E-state index in [0.29, 0.717) is 16.8 Å². The topological polar surface area (TPSA) is 106 Å². The number of hydrogen-bond donors (Lipinski definition) is 4. The van der Waals surface area contributed by atoms with Crippen LogP contribution >= 0.6 is 11.8 Å². The second kappa shape index (κ2) is 8.73. The molecule has 2 aromatic carbocycles. The number of hydrogen-bond acceptors (Lipinski definition) is 6. The third kappa shape index (κ3) is 4.89. The van der Waals surface area contributed by atoms with Crippen molar-refractivity contribution in [2.24, 2.45) is 0 Å². The highest BCUT2D eigenvalue weighted by molar-refractivity contribution is 8.26. The first-order valence-electron chi connectivity index (χ1n) is 8.91. The van der Waals surface area contributed by atoms with Crippen molar-refractivity contribution in [2.45, 2.75) is 19.3 Å². The molecule has 0 aromatic heterocycles. The fourth-order valence-electron chi connectivity index (χ4n) is 3.04. The maximum absolute atomic E-state index is 12.6. The van der Waals surface area contributed by atoms with E-state index in [1.165, 1.54) is 6.42 Å². The highest BCUT2D eigenvalue weighted by Crippen LogP contribution is 2.24. The van der Waals surface area contributed by atoms with Crippen molar-refractivity contribution in [1.82, 2.24) is 5.32 Å². The van der Waals surface area contributed by atoms with Crippen molar-refractivity contribution in [1.29, 1.82) is 10.8 Å². The SMILES string of the molecule is N=C(NC(=O)c1cc(N2CCCCC2)ccc1N)SC(=N)c1ccccc1. The van der Waals surface area contributed by atoms with Crippen molar-refractivity contribution in [3.8, 4) is 0 Å². The van der Waals surface area contributed by atoms with Crippen LogP contribution in [-0.4, -0.2) is 29.2 Å². The number of carbonyl (C=O) groups is 1. The molecular weight excluding hydrogens is 358 g/mol. The molecule has 0 saturated carbocycles. The number of nitrogens with two attached hydrogens (primary N) is 1. The number of anilines is 2. The highest BCUT2D eigenvalue weighted by Gasteiger charge is 2.17. The predicted octanol–water partition coefficient (Wildman–Crippen LogP) is 3.68. The summed E-state index contributed by atoms with van der Waals surface area (Å²) < 4.78 is 0. The average molecular weight is 382 g/mol. The van der Waals surface area contributed by atoms with Gasteiger partial charge in [0.2, 0.25) is 0 Å². The molecule has 0 atom stereocenters. The molecule has 2 aromatic rings. The molecule has 0 bridgehead atoms. The molecular formula is C20H23N5OS. The van der Waals surface area contributed by atoms with E-state index in [1.54, 1.807) is 24.3 Å². The molecule has 27 heavy (non-hydrogen) atoms. The van der Waals surface area contributed by atoms with Gasteiger partial charge in [0.25, 0.3) is 5.91 Å². The summed E-state index contributed by atoms with van der Waals surface area (Å²) >= 11 is 0.897. The summed E-state index contributed by atoms with van der Waals surface area (Å²) in [6.07, 6.45) is 3.53. The van der Waals surface area contributed by atoms with Gasteiger partial charge in [-0.2, -0.15) is 0 Å². The van der Waals surface area contributed by atoms with Gasteiger partial charge in [-0.1, -0.05) is 30.3 Å². The van der Waals surface area contributed by atoms with Crippen LogP contribution in [0.1, 0.15) is 35.2 Å². The minimum atomic E-state index is -0.426. The molecule has 1 aliphatic heterocycles. The van der Waals surface area contributed by atoms with Crippen molar-refractivity contribution < 1.29 is 4.79 Å². The van der Waals surface area contributed by atoms with Crippen LogP contribution in [0.5, 0.6) is 0 Å². The monoisotopic (exact) mass is 381 g/mol. The zero-order chi connectivity index (χ0) is 19.2. The normalized spacial score (nSPS) is 13.9. The lowest BCUT2D eigenvalue weighted by atomic mass is 10.1. The first kappa shape index (κ1) is 19.0. The van der Waals surface area contributed by atoms with Gasteiger partial charge in [-0.15, -0.1) is 0 Å². The van der Waals surface area contributed by atoms with Gasteiger partial charge in [-0.05, 0) is 49.2 Å². The Balaban J connectivity index is 1.66. The Hall–Kier alpha value is -2.80. The Kier molecular flexibility index (Phi) is 6.13. The second-order valence-corrected chi connectivity index (χ2v) is 7.42. The number of amides is 1. The number of nitrogens with zero attached hydrogens (tertiary/aromatic N) is 1. The number of nitrogen functional groups attached to an aromatic ring is 1. The molecule has 0 radical (unpaired) electrons. The van der Waals surface area contributed by atoms with Gasteiger partial charge in [-0.3, -0.25) is 15.6 Å². The summed E-state index contributed by atoms with van der Waals surface area (Å²) in [5.41, 5.74) is 8.40. The predicted molar refractivity (Wildman–Crippen MR) is 113 cm³/mol. The van der Waals surface area contributed by atoms with Crippen LogP contribution in [0.4, 0.5) is 11.4 Å². The van der Waals surface area contributed by atoms with Crippen molar-refractivity contribution in [3.05, 3.63) is 59.7 Å². The molecule has 1 amide bonds. The van der Waals surface area contributed by atoms with E-state index in [1.807, 2.05) is 24.3 Å². The number of amidine groups is 1. The third-order valence-corrected chi connectivity index (χ3v) is 5.22. The Morgan fingerprint density at radius 3 is 2.44 bits per heavy atom. The lowest BCUT2D eigenvalue weighted by Crippen LogP contribution is -2.31. The van der Waals surface area contributed by atoms with Gasteiger partial charge in [0.15, 0.2) is 5.17 Å². The molecule has 6 nitrogen and oxygen atoms in total. The molecule has 1 fully saturated rings. The quantitative estimate of drug-likeness (QED) is 0.370. The van der Waals surface area contributed by atoms with Gasteiger partial charge < -0.3 is 16.0 Å². The van der Waals surface area contributed by atoms with Gasteiger partial charge in [0.05, 0.1) is 5.56 Å². The lowest BCUT2D eigenvalue weighted by molar-refractivity contribution is 0.0978. The van der Waals surface area contributed by atoms with Crippen molar-refractivity contribution in [3.63, 3.8) is 0 Å². The molecule has 1 aliphatic rings. The van der Waals surface area contributed by atoms with Crippen molar-refractivity contribution in [2.75, 3.05) is 23.7 Å². The van der Waals surface area contributed by atoms with E-state index in [0.717, 1.165) is 43.4 Å². The average Bonchev–Trinajstić information content (AvgIpc) is 2.69. The minimum Gasteiger partial charge on any atom is -0.398 e. The van der Waals surface area contributed by atoms with Gasteiger partial charge in [-0.25, -0.2) is 0 Å². The Bertz CT molecular complexity index is 847. The molecule has 0 unspecified atom stereocenters. The van der Waals surface area contributed by atoms with Crippen LogP contribution < -0.4 is 16.0 Å². The lowest BCUT2D eigenvalue weighted by Gasteiger charge is -2.29. The molecule has 3 rings (SSSR count). The van der Waals surface area contributed by atoms with Gasteiger partial charge in [0, 0.05) is 30.0 Å². The smallest absolute Gasteiger partial charge is 0.259 e. The molecule has 140 valence electrons.